The predicted molar refractivity (Wildman–Crippen MR) is 161 cm³/mol. The molecule has 9 unspecified atom stereocenters. The van der Waals surface area contributed by atoms with Gasteiger partial charge in [-0.15, -0.1) is 0 Å². The summed E-state index contributed by atoms with van der Waals surface area (Å²) in [7, 11) is -5.90. The molecule has 5 nitrogen and oxygen atoms in total. The molecule has 236 valence electrons. The summed E-state index contributed by atoms with van der Waals surface area (Å²) in [5.41, 5.74) is 2.96. The highest BCUT2D eigenvalue weighted by atomic mass is 32.2. The van der Waals surface area contributed by atoms with Gasteiger partial charge in [-0.2, -0.15) is 44.1 Å². The number of hydrogen-bond donors (Lipinski definition) is 0. The standard InChI is InChI=1S/C31H30F4O5S4/c32-25-27(34)30(44(37,38)39)28(35)26(33)29(25)40-31(36)24-19(17-10-14-2-5-22(17)42-14)7-12(16-9-13-1-4-21(16)41-13)8-20(24)18-11-15-3-6-23(18)43-15/h7-8,13-18,21-23H,1-6,9-11H2,(H,37,38,39)/p-1. The van der Waals surface area contributed by atoms with E-state index in [-0.39, 0.29) is 27.9 Å². The SMILES string of the molecule is O=C(Oc1c(F)c(F)c(S(=O)(=O)[O-])c(F)c1F)c1c(C2CC3CCC2S3)cc(C2CC3CCC2S3)cc1C1CC2CCC1S2. The van der Waals surface area contributed by atoms with Crippen LogP contribution in [0.25, 0.3) is 0 Å². The Kier molecular flexibility index (Phi) is 7.36. The maximum atomic E-state index is 15.0. The van der Waals surface area contributed by atoms with Gasteiger partial charge in [0, 0.05) is 31.5 Å². The molecule has 0 aliphatic carbocycles. The molecule has 13 heteroatoms. The van der Waals surface area contributed by atoms with Gasteiger partial charge in [-0.05, 0) is 92.2 Å². The average Bonchev–Trinajstić information content (AvgIpc) is 3.85. The molecule has 0 radical (unpaired) electrons. The molecule has 0 saturated carbocycles. The minimum atomic E-state index is -5.90. The maximum Gasteiger partial charge on any atom is 0.344 e. The Morgan fingerprint density at radius 1 is 0.705 bits per heavy atom. The molecule has 0 spiro atoms. The van der Waals surface area contributed by atoms with Gasteiger partial charge in [0.2, 0.25) is 17.4 Å². The van der Waals surface area contributed by atoms with Gasteiger partial charge < -0.3 is 9.29 Å². The number of thioether (sulfide) groups is 3. The highest BCUT2D eigenvalue weighted by molar-refractivity contribution is 8.01. The van der Waals surface area contributed by atoms with E-state index in [9.17, 15) is 26.5 Å². The number of carbonyl (C=O) groups is 1. The monoisotopic (exact) mass is 685 g/mol. The van der Waals surface area contributed by atoms with Crippen molar-refractivity contribution >= 4 is 51.4 Å². The highest BCUT2D eigenvalue weighted by Crippen LogP contribution is 2.59. The summed E-state index contributed by atoms with van der Waals surface area (Å²) in [6, 6.07) is 4.19. The van der Waals surface area contributed by atoms with Gasteiger partial charge in [0.1, 0.15) is 15.0 Å². The van der Waals surface area contributed by atoms with Crippen LogP contribution in [-0.4, -0.2) is 50.4 Å². The summed E-state index contributed by atoms with van der Waals surface area (Å²) < 4.78 is 98.6. The lowest BCUT2D eigenvalue weighted by atomic mass is 9.73. The highest BCUT2D eigenvalue weighted by Gasteiger charge is 2.48. The molecule has 6 fully saturated rings. The summed E-state index contributed by atoms with van der Waals surface area (Å²) in [5, 5.41) is 2.60. The number of carbonyl (C=O) groups excluding carboxylic acids is 1. The molecule has 9 atom stereocenters. The van der Waals surface area contributed by atoms with Crippen molar-refractivity contribution in [3.63, 3.8) is 0 Å². The van der Waals surface area contributed by atoms with Crippen molar-refractivity contribution in [2.75, 3.05) is 0 Å². The molecule has 2 aromatic rings. The molecule has 6 bridgehead atoms. The lowest BCUT2D eigenvalue weighted by Gasteiger charge is -2.31. The first-order valence-electron chi connectivity index (χ1n) is 15.2. The molecule has 2 aromatic carbocycles. The van der Waals surface area contributed by atoms with Crippen LogP contribution in [0.2, 0.25) is 0 Å². The van der Waals surface area contributed by atoms with Crippen LogP contribution >= 0.6 is 35.3 Å². The number of hydrogen-bond acceptors (Lipinski definition) is 8. The number of rotatable bonds is 6. The van der Waals surface area contributed by atoms with E-state index in [1.807, 2.05) is 35.3 Å². The van der Waals surface area contributed by atoms with Gasteiger partial charge in [-0.3, -0.25) is 0 Å². The molecular weight excluding hydrogens is 657 g/mol. The van der Waals surface area contributed by atoms with Crippen molar-refractivity contribution in [2.24, 2.45) is 0 Å². The maximum absolute atomic E-state index is 15.0. The van der Waals surface area contributed by atoms with Crippen LogP contribution in [-0.2, 0) is 10.1 Å². The fourth-order valence-corrected chi connectivity index (χ4v) is 14.8. The van der Waals surface area contributed by atoms with Crippen molar-refractivity contribution in [3.8, 4) is 5.75 Å². The molecular formula is C31H29F4O5S4-. The third kappa shape index (κ3) is 4.76. The van der Waals surface area contributed by atoms with Crippen molar-refractivity contribution in [1.29, 1.82) is 0 Å². The second-order valence-corrected chi connectivity index (χ2v) is 18.9. The molecule has 8 rings (SSSR count). The molecule has 6 aliphatic rings. The second-order valence-electron chi connectivity index (χ2n) is 13.0. The smallest absolute Gasteiger partial charge is 0.344 e. The van der Waals surface area contributed by atoms with Crippen molar-refractivity contribution in [3.05, 3.63) is 57.7 Å². The van der Waals surface area contributed by atoms with Crippen molar-refractivity contribution in [1.82, 2.24) is 0 Å². The minimum absolute atomic E-state index is 0.0219. The Balaban J connectivity index is 1.28. The van der Waals surface area contributed by atoms with Gasteiger partial charge in [-0.1, -0.05) is 12.1 Å². The largest absolute Gasteiger partial charge is 0.744 e. The molecule has 0 amide bonds. The van der Waals surface area contributed by atoms with E-state index in [0.717, 1.165) is 62.5 Å². The van der Waals surface area contributed by atoms with Crippen LogP contribution in [0.1, 0.15) is 103 Å². The third-order valence-electron chi connectivity index (χ3n) is 10.6. The van der Waals surface area contributed by atoms with Crippen LogP contribution in [0.15, 0.2) is 17.0 Å². The fraction of sp³-hybridized carbons (Fsp3) is 0.581. The Bertz CT molecular complexity index is 1610. The number of fused-ring (bicyclic) bond motifs is 6. The van der Waals surface area contributed by atoms with E-state index in [1.165, 1.54) is 12.0 Å². The first kappa shape index (κ1) is 30.0. The molecule has 6 aliphatic heterocycles. The van der Waals surface area contributed by atoms with Gasteiger partial charge in [-0.25, -0.2) is 22.0 Å². The van der Waals surface area contributed by atoms with E-state index < -0.39 is 50.0 Å². The zero-order chi connectivity index (χ0) is 30.7. The fourth-order valence-electron chi connectivity index (χ4n) is 8.71. The topological polar surface area (TPSA) is 83.5 Å². The Hall–Kier alpha value is -1.41. The third-order valence-corrected chi connectivity index (χ3v) is 16.6. The Morgan fingerprint density at radius 3 is 1.50 bits per heavy atom. The number of ether oxygens (including phenoxy) is 1. The Labute approximate surface area is 265 Å². The van der Waals surface area contributed by atoms with E-state index in [2.05, 4.69) is 12.1 Å². The quantitative estimate of drug-likeness (QED) is 0.101. The molecule has 6 saturated heterocycles. The van der Waals surface area contributed by atoms with Crippen LogP contribution in [0.4, 0.5) is 17.6 Å². The Morgan fingerprint density at radius 2 is 1.14 bits per heavy atom. The van der Waals surface area contributed by atoms with Crippen LogP contribution in [0, 0.1) is 23.3 Å². The molecule has 0 aromatic heterocycles. The minimum Gasteiger partial charge on any atom is -0.744 e. The first-order valence-corrected chi connectivity index (χ1v) is 19.4. The average molecular weight is 686 g/mol. The van der Waals surface area contributed by atoms with Crippen LogP contribution in [0.5, 0.6) is 5.75 Å². The van der Waals surface area contributed by atoms with Crippen molar-refractivity contribution in [2.45, 2.75) is 112 Å². The molecule has 6 heterocycles. The number of esters is 1. The van der Waals surface area contributed by atoms with E-state index in [1.54, 1.807) is 0 Å². The normalized spacial score (nSPS) is 35.2. The van der Waals surface area contributed by atoms with Gasteiger partial charge in [0.15, 0.2) is 11.6 Å². The second kappa shape index (κ2) is 10.8. The van der Waals surface area contributed by atoms with Crippen molar-refractivity contribution < 1.29 is 40.1 Å². The molecule has 0 N–H and O–H groups in total. The zero-order valence-electron chi connectivity index (χ0n) is 23.4. The van der Waals surface area contributed by atoms with E-state index in [0.29, 0.717) is 26.9 Å². The van der Waals surface area contributed by atoms with Crippen LogP contribution < -0.4 is 4.74 Å². The lowest BCUT2D eigenvalue weighted by Crippen LogP contribution is -2.26. The number of halogens is 4. The first-order chi connectivity index (χ1) is 21.0. The van der Waals surface area contributed by atoms with Gasteiger partial charge in [0.25, 0.3) is 0 Å². The summed E-state index contributed by atoms with van der Waals surface area (Å²) in [6.07, 6.45) is 9.31. The number of benzene rings is 2. The summed E-state index contributed by atoms with van der Waals surface area (Å²) >= 11 is 5.85. The zero-order valence-corrected chi connectivity index (χ0v) is 26.7. The lowest BCUT2D eigenvalue weighted by molar-refractivity contribution is 0.0712. The summed E-state index contributed by atoms with van der Waals surface area (Å²) in [6.45, 7) is 0. The van der Waals surface area contributed by atoms with E-state index in [4.69, 9.17) is 4.74 Å². The summed E-state index contributed by atoms with van der Waals surface area (Å²) in [5.74, 6) is -11.7. The van der Waals surface area contributed by atoms with E-state index >= 15 is 8.78 Å². The molecule has 44 heavy (non-hydrogen) atoms. The predicted octanol–water partition coefficient (Wildman–Crippen LogP) is 7.62. The van der Waals surface area contributed by atoms with Gasteiger partial charge in [0.05, 0.1) is 5.56 Å². The van der Waals surface area contributed by atoms with Gasteiger partial charge >= 0.3 is 5.97 Å². The van der Waals surface area contributed by atoms with Crippen LogP contribution in [0.3, 0.4) is 0 Å². The summed E-state index contributed by atoms with van der Waals surface area (Å²) in [4.78, 5) is 11.9.